The summed E-state index contributed by atoms with van der Waals surface area (Å²) in [4.78, 5) is 6.97. The van der Waals surface area contributed by atoms with Gasteiger partial charge >= 0.3 is 0 Å². The third-order valence-electron chi connectivity index (χ3n) is 5.12. The zero-order chi connectivity index (χ0) is 21.3. The average molecular weight is 417 g/mol. The molecule has 0 saturated carbocycles. The van der Waals surface area contributed by atoms with Crippen LogP contribution in [0.4, 0.5) is 5.69 Å². The van der Waals surface area contributed by atoms with Crippen molar-refractivity contribution in [3.63, 3.8) is 0 Å². The molecule has 1 saturated heterocycles. The average Bonchev–Trinajstić information content (AvgIpc) is 2.80. The number of hydrogen-bond acceptors (Lipinski definition) is 4. The zero-order valence-electron chi connectivity index (χ0n) is 17.5. The molecule has 6 heteroatoms. The first-order valence-corrected chi connectivity index (χ1v) is 10.5. The van der Waals surface area contributed by atoms with Crippen LogP contribution in [0.1, 0.15) is 11.1 Å². The molecule has 0 spiro atoms. The number of morpholine rings is 1. The summed E-state index contributed by atoms with van der Waals surface area (Å²) in [5.74, 6) is 1.90. The summed E-state index contributed by atoms with van der Waals surface area (Å²) in [5, 5.41) is 3.16. The van der Waals surface area contributed by atoms with Crippen LogP contribution in [0.3, 0.4) is 0 Å². The van der Waals surface area contributed by atoms with E-state index in [-0.39, 0.29) is 0 Å². The Morgan fingerprint density at radius 1 is 0.903 bits per heavy atom. The second-order valence-corrected chi connectivity index (χ2v) is 7.43. The number of aliphatic imine (C=N–C) groups is 1. The summed E-state index contributed by atoms with van der Waals surface area (Å²) >= 11 is 0. The van der Waals surface area contributed by atoms with E-state index >= 15 is 0 Å². The normalized spacial score (nSPS) is 14.9. The molecule has 1 aliphatic heterocycles. The molecule has 0 bridgehead atoms. The Hall–Kier alpha value is -3.35. The molecular formula is C25H28N4O2. The fourth-order valence-electron chi connectivity index (χ4n) is 3.49. The third-order valence-corrected chi connectivity index (χ3v) is 5.12. The SMILES string of the molecule is NC(=NCc1ccccc1CN1CCOCC1)Nc1cccc(Oc2ccccc2)c1. The van der Waals surface area contributed by atoms with E-state index in [1.807, 2.05) is 60.7 Å². The van der Waals surface area contributed by atoms with Crippen LogP contribution in [0.15, 0.2) is 83.9 Å². The van der Waals surface area contributed by atoms with Crippen LogP contribution in [-0.4, -0.2) is 37.2 Å². The fourth-order valence-corrected chi connectivity index (χ4v) is 3.49. The van der Waals surface area contributed by atoms with Gasteiger partial charge in [0, 0.05) is 31.4 Å². The van der Waals surface area contributed by atoms with Crippen molar-refractivity contribution in [3.8, 4) is 11.5 Å². The largest absolute Gasteiger partial charge is 0.457 e. The molecule has 1 heterocycles. The predicted octanol–water partition coefficient (Wildman–Crippen LogP) is 4.24. The van der Waals surface area contributed by atoms with Gasteiger partial charge in [-0.3, -0.25) is 4.90 Å². The van der Waals surface area contributed by atoms with E-state index in [2.05, 4.69) is 33.4 Å². The fraction of sp³-hybridized carbons (Fsp3) is 0.240. The maximum atomic E-state index is 6.16. The number of nitrogens with one attached hydrogen (secondary N) is 1. The number of nitrogens with two attached hydrogens (primary N) is 1. The van der Waals surface area contributed by atoms with E-state index in [0.717, 1.165) is 50.0 Å². The molecular weight excluding hydrogens is 388 g/mol. The number of guanidine groups is 1. The molecule has 1 aliphatic rings. The lowest BCUT2D eigenvalue weighted by Gasteiger charge is -2.27. The van der Waals surface area contributed by atoms with Gasteiger partial charge in [0.2, 0.25) is 0 Å². The van der Waals surface area contributed by atoms with E-state index in [4.69, 9.17) is 15.2 Å². The zero-order valence-corrected chi connectivity index (χ0v) is 17.5. The predicted molar refractivity (Wildman–Crippen MR) is 124 cm³/mol. The Kier molecular flexibility index (Phi) is 7.16. The van der Waals surface area contributed by atoms with Crippen molar-refractivity contribution >= 4 is 11.6 Å². The molecule has 0 aromatic heterocycles. The van der Waals surface area contributed by atoms with Crippen LogP contribution in [0.2, 0.25) is 0 Å². The van der Waals surface area contributed by atoms with Gasteiger partial charge in [0.15, 0.2) is 5.96 Å². The van der Waals surface area contributed by atoms with Crippen molar-refractivity contribution in [1.82, 2.24) is 4.90 Å². The molecule has 3 aromatic rings. The standard InChI is InChI=1S/C25H28N4O2/c26-25(28-22-9-6-12-24(17-22)31-23-10-2-1-3-11-23)27-18-20-7-4-5-8-21(20)19-29-13-15-30-16-14-29/h1-12,17H,13-16,18-19H2,(H3,26,27,28). The van der Waals surface area contributed by atoms with Crippen molar-refractivity contribution in [1.29, 1.82) is 0 Å². The van der Waals surface area contributed by atoms with Crippen molar-refractivity contribution < 1.29 is 9.47 Å². The lowest BCUT2D eigenvalue weighted by molar-refractivity contribution is 0.0341. The maximum Gasteiger partial charge on any atom is 0.193 e. The van der Waals surface area contributed by atoms with Crippen molar-refractivity contribution in [3.05, 3.63) is 90.0 Å². The number of benzene rings is 3. The van der Waals surface area contributed by atoms with E-state index in [0.29, 0.717) is 12.5 Å². The summed E-state index contributed by atoms with van der Waals surface area (Å²) in [6, 6.07) is 25.8. The molecule has 3 aromatic carbocycles. The molecule has 1 fully saturated rings. The number of anilines is 1. The number of rotatable bonds is 7. The Morgan fingerprint density at radius 3 is 2.42 bits per heavy atom. The summed E-state index contributed by atoms with van der Waals surface area (Å²) in [5.41, 5.74) is 9.45. The van der Waals surface area contributed by atoms with E-state index < -0.39 is 0 Å². The van der Waals surface area contributed by atoms with Crippen LogP contribution in [0, 0.1) is 0 Å². The third kappa shape index (κ3) is 6.31. The van der Waals surface area contributed by atoms with E-state index in [1.165, 1.54) is 11.1 Å². The van der Waals surface area contributed by atoms with Crippen molar-refractivity contribution in [2.45, 2.75) is 13.1 Å². The second kappa shape index (κ2) is 10.6. The van der Waals surface area contributed by atoms with Crippen LogP contribution >= 0.6 is 0 Å². The Labute approximate surface area is 183 Å². The number of nitrogens with zero attached hydrogens (tertiary/aromatic N) is 2. The van der Waals surface area contributed by atoms with Gasteiger partial charge in [-0.2, -0.15) is 0 Å². The monoisotopic (exact) mass is 416 g/mol. The molecule has 0 unspecified atom stereocenters. The Bertz CT molecular complexity index is 1000. The van der Waals surface area contributed by atoms with Crippen LogP contribution in [-0.2, 0) is 17.8 Å². The van der Waals surface area contributed by atoms with Gasteiger partial charge in [-0.25, -0.2) is 4.99 Å². The van der Waals surface area contributed by atoms with Crippen LogP contribution in [0.5, 0.6) is 11.5 Å². The summed E-state index contributed by atoms with van der Waals surface area (Å²) in [7, 11) is 0. The molecule has 0 amide bonds. The van der Waals surface area contributed by atoms with Gasteiger partial charge in [0.05, 0.1) is 19.8 Å². The maximum absolute atomic E-state index is 6.16. The molecule has 160 valence electrons. The first kappa shape index (κ1) is 20.9. The highest BCUT2D eigenvalue weighted by molar-refractivity contribution is 5.92. The second-order valence-electron chi connectivity index (χ2n) is 7.43. The van der Waals surface area contributed by atoms with Gasteiger partial charge in [0.1, 0.15) is 11.5 Å². The highest BCUT2D eigenvalue weighted by Gasteiger charge is 2.12. The summed E-state index contributed by atoms with van der Waals surface area (Å²) in [6.07, 6.45) is 0. The van der Waals surface area contributed by atoms with Crippen LogP contribution in [0.25, 0.3) is 0 Å². The molecule has 3 N–H and O–H groups in total. The number of para-hydroxylation sites is 1. The molecule has 0 atom stereocenters. The molecule has 31 heavy (non-hydrogen) atoms. The van der Waals surface area contributed by atoms with Gasteiger partial charge < -0.3 is 20.5 Å². The van der Waals surface area contributed by atoms with Gasteiger partial charge in [0.25, 0.3) is 0 Å². The highest BCUT2D eigenvalue weighted by atomic mass is 16.5. The Morgan fingerprint density at radius 2 is 1.61 bits per heavy atom. The first-order chi connectivity index (χ1) is 15.3. The minimum atomic E-state index is 0.373. The lowest BCUT2D eigenvalue weighted by Crippen LogP contribution is -2.35. The lowest BCUT2D eigenvalue weighted by atomic mass is 10.1. The van der Waals surface area contributed by atoms with Gasteiger partial charge in [-0.05, 0) is 35.4 Å². The van der Waals surface area contributed by atoms with Crippen LogP contribution < -0.4 is 15.8 Å². The minimum absolute atomic E-state index is 0.373. The smallest absolute Gasteiger partial charge is 0.193 e. The Balaban J connectivity index is 1.38. The molecule has 0 radical (unpaired) electrons. The molecule has 0 aliphatic carbocycles. The highest BCUT2D eigenvalue weighted by Crippen LogP contribution is 2.23. The summed E-state index contributed by atoms with van der Waals surface area (Å²) in [6.45, 7) is 4.95. The number of hydrogen-bond donors (Lipinski definition) is 2. The van der Waals surface area contributed by atoms with Crippen molar-refractivity contribution in [2.24, 2.45) is 10.7 Å². The quantitative estimate of drug-likeness (QED) is 0.445. The first-order valence-electron chi connectivity index (χ1n) is 10.5. The molecule has 6 nitrogen and oxygen atoms in total. The molecule has 4 rings (SSSR count). The van der Waals surface area contributed by atoms with Gasteiger partial charge in [-0.1, -0.05) is 48.5 Å². The van der Waals surface area contributed by atoms with E-state index in [1.54, 1.807) is 0 Å². The van der Waals surface area contributed by atoms with Gasteiger partial charge in [-0.15, -0.1) is 0 Å². The number of ether oxygens (including phenoxy) is 2. The topological polar surface area (TPSA) is 72.1 Å². The summed E-state index contributed by atoms with van der Waals surface area (Å²) < 4.78 is 11.3. The minimum Gasteiger partial charge on any atom is -0.457 e. The van der Waals surface area contributed by atoms with E-state index in [9.17, 15) is 0 Å². The van der Waals surface area contributed by atoms with Crippen molar-refractivity contribution in [2.75, 3.05) is 31.6 Å².